The van der Waals surface area contributed by atoms with Crippen LogP contribution in [0.1, 0.15) is 6.92 Å². The average molecular weight is 177 g/mol. The number of hydrogen-bond acceptors (Lipinski definition) is 4. The fourth-order valence-corrected chi connectivity index (χ4v) is 0.856. The molecule has 64 valence electrons. The average Bonchev–Trinajstić information content (AvgIpc) is 1.97. The maximum Gasteiger partial charge on any atom is 0.354 e. The van der Waals surface area contributed by atoms with Gasteiger partial charge in [0, 0.05) is 5.75 Å². The van der Waals surface area contributed by atoms with Crippen LogP contribution >= 0.6 is 11.8 Å². The smallest absolute Gasteiger partial charge is 0.354 e. The Balaban J connectivity index is 3.97. The summed E-state index contributed by atoms with van der Waals surface area (Å²) in [7, 11) is 0. The monoisotopic (exact) mass is 177 g/mol. The maximum absolute atomic E-state index is 10.4. The molecule has 0 aliphatic carbocycles. The Morgan fingerprint density at radius 3 is 2.73 bits per heavy atom. The van der Waals surface area contributed by atoms with E-state index in [-0.39, 0.29) is 5.71 Å². The van der Waals surface area contributed by atoms with Crippen molar-refractivity contribution in [2.45, 2.75) is 6.92 Å². The minimum Gasteiger partial charge on any atom is -0.477 e. The Morgan fingerprint density at radius 2 is 2.36 bits per heavy atom. The highest BCUT2D eigenvalue weighted by Gasteiger charge is 2.08. The van der Waals surface area contributed by atoms with Crippen molar-refractivity contribution < 1.29 is 14.7 Å². The van der Waals surface area contributed by atoms with Crippen LogP contribution in [0, 0.1) is 0 Å². The van der Waals surface area contributed by atoms with Gasteiger partial charge in [-0.05, 0) is 13.2 Å². The lowest BCUT2D eigenvalue weighted by Crippen LogP contribution is -2.16. The number of hydrogen-bond donors (Lipinski definition) is 1. The number of thioether (sulfide) groups is 1. The van der Waals surface area contributed by atoms with Crippen LogP contribution in [-0.4, -0.2) is 35.4 Å². The van der Waals surface area contributed by atoms with E-state index in [0.29, 0.717) is 12.4 Å². The molecule has 0 saturated carbocycles. The first-order valence-electron chi connectivity index (χ1n) is 3.13. The van der Waals surface area contributed by atoms with Crippen LogP contribution in [0.5, 0.6) is 0 Å². The lowest BCUT2D eigenvalue weighted by molar-refractivity contribution is -0.129. The molecular weight excluding hydrogens is 166 g/mol. The van der Waals surface area contributed by atoms with Gasteiger partial charge in [-0.3, -0.25) is 0 Å². The number of nitrogens with zero attached hydrogens (tertiary/aromatic N) is 1. The third kappa shape index (κ3) is 4.66. The predicted molar refractivity (Wildman–Crippen MR) is 45.1 cm³/mol. The van der Waals surface area contributed by atoms with Crippen molar-refractivity contribution in [2.75, 3.05) is 18.6 Å². The molecule has 0 bridgehead atoms. The van der Waals surface area contributed by atoms with Gasteiger partial charge in [0.2, 0.25) is 0 Å². The van der Waals surface area contributed by atoms with E-state index in [2.05, 4.69) is 9.99 Å². The first-order chi connectivity index (χ1) is 5.22. The molecule has 0 unspecified atom stereocenters. The molecule has 0 aromatic heterocycles. The molecule has 0 amide bonds. The van der Waals surface area contributed by atoms with Crippen LogP contribution in [0.3, 0.4) is 0 Å². The molecule has 0 aliphatic rings. The number of rotatable bonds is 5. The summed E-state index contributed by atoms with van der Waals surface area (Å²) in [5.74, 6) is -0.650. The highest BCUT2D eigenvalue weighted by atomic mass is 32.2. The molecule has 4 nitrogen and oxygen atoms in total. The van der Waals surface area contributed by atoms with Gasteiger partial charge in [0.15, 0.2) is 5.71 Å². The maximum atomic E-state index is 10.4. The van der Waals surface area contributed by atoms with E-state index < -0.39 is 5.97 Å². The number of carbonyl (C=O) groups is 1. The van der Waals surface area contributed by atoms with Gasteiger partial charge in [-0.25, -0.2) is 4.79 Å². The highest BCUT2D eigenvalue weighted by Crippen LogP contribution is 1.94. The standard InChI is InChI=1S/C6H11NO3S/c1-3-10-7-5(4-11-2)6(8)9/h3-4H2,1-2H3,(H,8,9). The predicted octanol–water partition coefficient (Wildman–Crippen LogP) is 0.827. The van der Waals surface area contributed by atoms with Gasteiger partial charge in [0.1, 0.15) is 6.61 Å². The molecule has 5 heteroatoms. The molecule has 0 heterocycles. The van der Waals surface area contributed by atoms with E-state index in [1.807, 2.05) is 6.26 Å². The van der Waals surface area contributed by atoms with Crippen molar-refractivity contribution in [2.24, 2.45) is 5.16 Å². The van der Waals surface area contributed by atoms with Crippen LogP contribution in [-0.2, 0) is 9.63 Å². The lowest BCUT2D eigenvalue weighted by Gasteiger charge is -1.97. The van der Waals surface area contributed by atoms with E-state index in [4.69, 9.17) is 5.11 Å². The molecule has 0 atom stereocenters. The van der Waals surface area contributed by atoms with Crippen molar-refractivity contribution >= 4 is 23.4 Å². The van der Waals surface area contributed by atoms with Crippen LogP contribution in [0.15, 0.2) is 5.16 Å². The molecule has 0 fully saturated rings. The van der Waals surface area contributed by atoms with Crippen LogP contribution in [0.4, 0.5) is 0 Å². The second-order valence-electron chi connectivity index (χ2n) is 1.69. The first-order valence-corrected chi connectivity index (χ1v) is 4.52. The van der Waals surface area contributed by atoms with E-state index in [9.17, 15) is 4.79 Å². The lowest BCUT2D eigenvalue weighted by atomic mass is 10.4. The number of carboxylic acid groups (broad SMARTS) is 1. The summed E-state index contributed by atoms with van der Waals surface area (Å²) >= 11 is 1.40. The molecule has 0 radical (unpaired) electrons. The summed E-state index contributed by atoms with van der Waals surface area (Å²) < 4.78 is 0. The van der Waals surface area contributed by atoms with Gasteiger partial charge in [0.05, 0.1) is 0 Å². The Kier molecular flexibility index (Phi) is 5.64. The van der Waals surface area contributed by atoms with Gasteiger partial charge in [-0.15, -0.1) is 0 Å². The summed E-state index contributed by atoms with van der Waals surface area (Å²) in [6.07, 6.45) is 1.81. The minimum absolute atomic E-state index is 0.0550. The van der Waals surface area contributed by atoms with E-state index >= 15 is 0 Å². The largest absolute Gasteiger partial charge is 0.477 e. The van der Waals surface area contributed by atoms with Crippen LogP contribution in [0.2, 0.25) is 0 Å². The summed E-state index contributed by atoms with van der Waals surface area (Å²) in [5, 5.41) is 11.9. The fraction of sp³-hybridized carbons (Fsp3) is 0.667. The quantitative estimate of drug-likeness (QED) is 0.499. The van der Waals surface area contributed by atoms with Gasteiger partial charge in [0.25, 0.3) is 0 Å². The fourth-order valence-electron chi connectivity index (χ4n) is 0.406. The van der Waals surface area contributed by atoms with E-state index in [0.717, 1.165) is 0 Å². The van der Waals surface area contributed by atoms with Crippen molar-refractivity contribution in [1.82, 2.24) is 0 Å². The number of aliphatic carboxylic acids is 1. The Bertz CT molecular complexity index is 158. The Hall–Kier alpha value is -0.710. The third-order valence-corrected chi connectivity index (χ3v) is 1.39. The normalized spacial score (nSPS) is 11.3. The molecule has 11 heavy (non-hydrogen) atoms. The molecule has 0 aromatic rings. The highest BCUT2D eigenvalue weighted by molar-refractivity contribution is 7.99. The van der Waals surface area contributed by atoms with E-state index in [1.54, 1.807) is 6.92 Å². The van der Waals surface area contributed by atoms with Gasteiger partial charge >= 0.3 is 5.97 Å². The molecular formula is C6H11NO3S. The second kappa shape index (κ2) is 6.03. The molecule has 0 saturated heterocycles. The second-order valence-corrected chi connectivity index (χ2v) is 2.56. The topological polar surface area (TPSA) is 58.9 Å². The van der Waals surface area contributed by atoms with Crippen molar-refractivity contribution in [1.29, 1.82) is 0 Å². The summed E-state index contributed by atoms with van der Waals surface area (Å²) in [5.41, 5.74) is 0.0550. The van der Waals surface area contributed by atoms with Gasteiger partial charge in [-0.2, -0.15) is 11.8 Å². The third-order valence-electron chi connectivity index (χ3n) is 0.832. The zero-order valence-corrected chi connectivity index (χ0v) is 7.35. The van der Waals surface area contributed by atoms with Crippen molar-refractivity contribution in [3.63, 3.8) is 0 Å². The number of carboxylic acids is 1. The SMILES string of the molecule is CCON=C(CSC)C(=O)O. The van der Waals surface area contributed by atoms with Gasteiger partial charge in [-0.1, -0.05) is 5.16 Å². The van der Waals surface area contributed by atoms with Crippen molar-refractivity contribution in [3.8, 4) is 0 Å². The van der Waals surface area contributed by atoms with Crippen LogP contribution in [0.25, 0.3) is 0 Å². The van der Waals surface area contributed by atoms with E-state index in [1.165, 1.54) is 11.8 Å². The number of oxime groups is 1. The zero-order valence-electron chi connectivity index (χ0n) is 6.53. The zero-order chi connectivity index (χ0) is 8.69. The first kappa shape index (κ1) is 10.3. The minimum atomic E-state index is -1.02. The summed E-state index contributed by atoms with van der Waals surface area (Å²) in [4.78, 5) is 15.0. The van der Waals surface area contributed by atoms with Crippen LogP contribution < -0.4 is 0 Å². The Morgan fingerprint density at radius 1 is 1.73 bits per heavy atom. The molecule has 1 N–H and O–H groups in total. The molecule has 0 rings (SSSR count). The summed E-state index contributed by atoms with van der Waals surface area (Å²) in [6, 6.07) is 0. The molecule has 0 aliphatic heterocycles. The molecule has 0 spiro atoms. The van der Waals surface area contributed by atoms with Crippen molar-refractivity contribution in [3.05, 3.63) is 0 Å². The summed E-state index contributed by atoms with van der Waals surface area (Å²) in [6.45, 7) is 2.15. The Labute approximate surface area is 69.6 Å². The molecule has 0 aromatic carbocycles. The van der Waals surface area contributed by atoms with Gasteiger partial charge < -0.3 is 9.94 Å².